The van der Waals surface area contributed by atoms with E-state index in [0.29, 0.717) is 6.54 Å². The fourth-order valence-electron chi connectivity index (χ4n) is 2.92. The second-order valence-corrected chi connectivity index (χ2v) is 7.78. The fourth-order valence-corrected chi connectivity index (χ4v) is 3.44. The predicted octanol–water partition coefficient (Wildman–Crippen LogP) is 4.02. The van der Waals surface area contributed by atoms with Crippen LogP contribution in [0.25, 0.3) is 0 Å². The molecule has 2 amide bonds. The zero-order valence-corrected chi connectivity index (χ0v) is 15.7. The number of rotatable bonds is 6. The number of nitrogens with zero attached hydrogens (tertiary/aromatic N) is 1. The quantitative estimate of drug-likeness (QED) is 0.790. The zero-order valence-electron chi connectivity index (χ0n) is 14.9. The minimum absolute atomic E-state index is 0.0294. The van der Waals surface area contributed by atoms with Crippen molar-refractivity contribution in [1.29, 1.82) is 0 Å². The maximum atomic E-state index is 12.3. The Morgan fingerprint density at radius 1 is 1.29 bits per heavy atom. The summed E-state index contributed by atoms with van der Waals surface area (Å²) in [5.74, 6) is 0. The van der Waals surface area contributed by atoms with E-state index in [9.17, 15) is 9.00 Å². The molecule has 5 heteroatoms. The number of hydrogen-bond donors (Lipinski definition) is 1. The van der Waals surface area contributed by atoms with Gasteiger partial charge in [-0.1, -0.05) is 23.8 Å². The van der Waals surface area contributed by atoms with Crippen molar-refractivity contribution < 1.29 is 9.00 Å². The van der Waals surface area contributed by atoms with E-state index >= 15 is 0 Å². The molecule has 1 aliphatic carbocycles. The van der Waals surface area contributed by atoms with Crippen molar-refractivity contribution in [2.75, 3.05) is 19.8 Å². The third kappa shape index (κ3) is 5.20. The molecule has 24 heavy (non-hydrogen) atoms. The van der Waals surface area contributed by atoms with Crippen LogP contribution in [0.15, 0.2) is 40.8 Å². The summed E-state index contributed by atoms with van der Waals surface area (Å²) in [6, 6.07) is 7.53. The van der Waals surface area contributed by atoms with Gasteiger partial charge in [-0.05, 0) is 56.7 Å². The summed E-state index contributed by atoms with van der Waals surface area (Å²) in [5, 5.41) is 3.01. The molecule has 1 aromatic rings. The number of allylic oxidation sites excluding steroid dienone is 1. The summed E-state index contributed by atoms with van der Waals surface area (Å²) in [5.41, 5.74) is 2.51. The Bertz CT molecular complexity index is 610. The van der Waals surface area contributed by atoms with Crippen LogP contribution >= 0.6 is 0 Å². The second-order valence-electron chi connectivity index (χ2n) is 6.40. The van der Waals surface area contributed by atoms with Gasteiger partial charge in [0.15, 0.2) is 0 Å². The van der Waals surface area contributed by atoms with E-state index in [1.54, 1.807) is 11.2 Å². The van der Waals surface area contributed by atoms with Crippen LogP contribution in [0.3, 0.4) is 0 Å². The lowest BCUT2D eigenvalue weighted by Gasteiger charge is -2.26. The van der Waals surface area contributed by atoms with Gasteiger partial charge < -0.3 is 10.2 Å². The van der Waals surface area contributed by atoms with Crippen molar-refractivity contribution in [3.63, 3.8) is 0 Å². The van der Waals surface area contributed by atoms with E-state index in [4.69, 9.17) is 0 Å². The highest BCUT2D eigenvalue weighted by molar-refractivity contribution is 7.84. The average Bonchev–Trinajstić information content (AvgIpc) is 2.61. The van der Waals surface area contributed by atoms with Crippen molar-refractivity contribution in [1.82, 2.24) is 10.2 Å². The fraction of sp³-hybridized carbons (Fsp3) is 0.526. The molecule has 0 aromatic heterocycles. The Kier molecular flexibility index (Phi) is 7.03. The molecular weight excluding hydrogens is 320 g/mol. The standard InChI is InChI=1S/C19H28N2O2S/c1-15(17-9-11-18(12-10-17)24(3)23)21(2)19(22)20-14-13-16-7-5-4-6-8-16/h7,9-12,15H,4-6,8,13-14H2,1-3H3,(H,20,22)/t15-,24-/m1/s1. The minimum atomic E-state index is -0.975. The molecule has 0 saturated carbocycles. The number of carbonyl (C=O) groups is 1. The van der Waals surface area contributed by atoms with Crippen LogP contribution in [-0.4, -0.2) is 35.0 Å². The molecule has 0 spiro atoms. The van der Waals surface area contributed by atoms with Crippen LogP contribution in [0.2, 0.25) is 0 Å². The Hall–Kier alpha value is -1.62. The molecule has 0 aliphatic heterocycles. The molecule has 2 rings (SSSR count). The zero-order chi connectivity index (χ0) is 17.5. The van der Waals surface area contributed by atoms with E-state index in [1.807, 2.05) is 38.2 Å². The summed E-state index contributed by atoms with van der Waals surface area (Å²) in [6.07, 6.45) is 9.85. The maximum Gasteiger partial charge on any atom is 0.317 e. The highest BCUT2D eigenvalue weighted by Gasteiger charge is 2.17. The Morgan fingerprint density at radius 3 is 2.58 bits per heavy atom. The molecule has 1 N–H and O–H groups in total. The monoisotopic (exact) mass is 348 g/mol. The Morgan fingerprint density at radius 2 is 2.00 bits per heavy atom. The lowest BCUT2D eigenvalue weighted by Crippen LogP contribution is -2.39. The van der Waals surface area contributed by atoms with E-state index in [-0.39, 0.29) is 12.1 Å². The molecule has 0 fully saturated rings. The summed E-state index contributed by atoms with van der Waals surface area (Å²) in [7, 11) is 0.836. The van der Waals surface area contributed by atoms with Gasteiger partial charge in [0.25, 0.3) is 0 Å². The van der Waals surface area contributed by atoms with Gasteiger partial charge in [-0.3, -0.25) is 4.21 Å². The molecule has 132 valence electrons. The van der Waals surface area contributed by atoms with Gasteiger partial charge in [0.05, 0.1) is 6.04 Å². The van der Waals surface area contributed by atoms with Gasteiger partial charge in [-0.2, -0.15) is 0 Å². The molecule has 0 unspecified atom stereocenters. The van der Waals surface area contributed by atoms with Crippen LogP contribution in [0.4, 0.5) is 4.79 Å². The number of hydrogen-bond acceptors (Lipinski definition) is 2. The van der Waals surface area contributed by atoms with Crippen molar-refractivity contribution in [2.24, 2.45) is 0 Å². The largest absolute Gasteiger partial charge is 0.338 e. The van der Waals surface area contributed by atoms with Gasteiger partial charge in [0, 0.05) is 35.5 Å². The summed E-state index contributed by atoms with van der Waals surface area (Å²) in [4.78, 5) is 14.8. The minimum Gasteiger partial charge on any atom is -0.338 e. The van der Waals surface area contributed by atoms with Crippen LogP contribution in [0, 0.1) is 0 Å². The lowest BCUT2D eigenvalue weighted by molar-refractivity contribution is 0.194. The van der Waals surface area contributed by atoms with Gasteiger partial charge in [-0.15, -0.1) is 0 Å². The number of amides is 2. The van der Waals surface area contributed by atoms with E-state index < -0.39 is 10.8 Å². The molecular formula is C19H28N2O2S. The Balaban J connectivity index is 1.84. The summed E-state index contributed by atoms with van der Waals surface area (Å²) >= 11 is 0. The van der Waals surface area contributed by atoms with Crippen LogP contribution in [-0.2, 0) is 10.8 Å². The van der Waals surface area contributed by atoms with Crippen LogP contribution in [0.5, 0.6) is 0 Å². The second kappa shape index (κ2) is 9.02. The third-order valence-corrected chi connectivity index (χ3v) is 5.64. The summed E-state index contributed by atoms with van der Waals surface area (Å²) in [6.45, 7) is 2.69. The highest BCUT2D eigenvalue weighted by Crippen LogP contribution is 2.21. The molecule has 1 aliphatic rings. The first-order chi connectivity index (χ1) is 11.5. The SMILES string of the molecule is C[C@H](c1ccc([S@@](C)=O)cc1)N(C)C(=O)NCCC1=CCCCC1. The van der Waals surface area contributed by atoms with E-state index in [2.05, 4.69) is 11.4 Å². The van der Waals surface area contributed by atoms with E-state index in [0.717, 1.165) is 16.9 Å². The van der Waals surface area contributed by atoms with Crippen molar-refractivity contribution in [3.05, 3.63) is 41.5 Å². The van der Waals surface area contributed by atoms with Gasteiger partial charge in [-0.25, -0.2) is 4.79 Å². The van der Waals surface area contributed by atoms with Crippen molar-refractivity contribution >= 4 is 16.8 Å². The molecule has 0 saturated heterocycles. The van der Waals surface area contributed by atoms with Crippen LogP contribution < -0.4 is 5.32 Å². The molecule has 0 bridgehead atoms. The first-order valence-corrected chi connectivity index (χ1v) is 10.2. The van der Waals surface area contributed by atoms with Crippen molar-refractivity contribution in [2.45, 2.75) is 50.0 Å². The third-order valence-electron chi connectivity index (χ3n) is 4.70. The molecule has 1 aromatic carbocycles. The number of benzene rings is 1. The molecule has 0 radical (unpaired) electrons. The van der Waals surface area contributed by atoms with Gasteiger partial charge >= 0.3 is 6.03 Å². The smallest absolute Gasteiger partial charge is 0.317 e. The van der Waals surface area contributed by atoms with Crippen molar-refractivity contribution in [3.8, 4) is 0 Å². The first kappa shape index (κ1) is 18.7. The molecule has 2 atom stereocenters. The maximum absolute atomic E-state index is 12.3. The first-order valence-electron chi connectivity index (χ1n) is 8.61. The Labute approximate surface area is 147 Å². The van der Waals surface area contributed by atoms with Gasteiger partial charge in [0.2, 0.25) is 0 Å². The van der Waals surface area contributed by atoms with Gasteiger partial charge in [0.1, 0.15) is 0 Å². The molecule has 0 heterocycles. The topological polar surface area (TPSA) is 49.4 Å². The number of nitrogens with one attached hydrogen (secondary N) is 1. The lowest BCUT2D eigenvalue weighted by atomic mass is 9.97. The van der Waals surface area contributed by atoms with E-state index in [1.165, 1.54) is 31.3 Å². The normalized spacial score (nSPS) is 16.9. The summed E-state index contributed by atoms with van der Waals surface area (Å²) < 4.78 is 11.4. The van der Waals surface area contributed by atoms with Crippen LogP contribution in [0.1, 0.15) is 50.6 Å². The number of carbonyl (C=O) groups excluding carboxylic acids is 1. The predicted molar refractivity (Wildman–Crippen MR) is 99.5 cm³/mol. The number of urea groups is 1. The molecule has 4 nitrogen and oxygen atoms in total. The highest BCUT2D eigenvalue weighted by atomic mass is 32.2. The average molecular weight is 349 g/mol.